The molecule has 8 aromatic carbocycles. The van der Waals surface area contributed by atoms with Gasteiger partial charge < -0.3 is 0 Å². The molecule has 0 unspecified atom stereocenters. The highest BCUT2D eigenvalue weighted by Gasteiger charge is 2.16. The van der Waals surface area contributed by atoms with Crippen molar-refractivity contribution in [2.45, 2.75) is 0 Å². The minimum absolute atomic E-state index is 0.696. The van der Waals surface area contributed by atoms with Crippen molar-refractivity contribution in [2.24, 2.45) is 0 Å². The van der Waals surface area contributed by atoms with Gasteiger partial charge in [-0.1, -0.05) is 152 Å². The van der Waals surface area contributed by atoms with E-state index in [0.29, 0.717) is 5.82 Å². The first-order chi connectivity index (χ1) is 25.8. The quantitative estimate of drug-likeness (QED) is 0.166. The number of nitrogens with zero attached hydrogens (tertiary/aromatic N) is 3. The van der Waals surface area contributed by atoms with Gasteiger partial charge in [-0.05, 0) is 90.0 Å². The third-order valence-electron chi connectivity index (χ3n) is 10.2. The predicted molar refractivity (Wildman–Crippen MR) is 216 cm³/mol. The van der Waals surface area contributed by atoms with E-state index < -0.39 is 0 Å². The Hall–Kier alpha value is -6.97. The molecular weight excluding hydrogens is 631 g/mol. The molecule has 0 atom stereocenters. The van der Waals surface area contributed by atoms with E-state index in [1.54, 1.807) is 0 Å². The molecule has 2 heterocycles. The fourth-order valence-electron chi connectivity index (χ4n) is 7.61. The molecule has 0 aliphatic heterocycles. The summed E-state index contributed by atoms with van der Waals surface area (Å²) in [6.45, 7) is 0. The van der Waals surface area contributed by atoms with Crippen LogP contribution < -0.4 is 0 Å². The number of hydrogen-bond donors (Lipinski definition) is 0. The van der Waals surface area contributed by atoms with Crippen LogP contribution in [0, 0.1) is 0 Å². The molecule has 0 aliphatic carbocycles. The third kappa shape index (κ3) is 5.19. The van der Waals surface area contributed by atoms with Crippen LogP contribution in [0.3, 0.4) is 0 Å². The largest absolute Gasteiger partial charge is 0.265 e. The minimum atomic E-state index is 0.696. The lowest BCUT2D eigenvalue weighted by Crippen LogP contribution is -1.96. The molecule has 10 rings (SSSR count). The summed E-state index contributed by atoms with van der Waals surface area (Å²) < 4.78 is 0. The Bertz CT molecular complexity index is 2870. The van der Waals surface area contributed by atoms with E-state index in [4.69, 9.17) is 9.97 Å². The molecule has 2 aromatic heterocycles. The van der Waals surface area contributed by atoms with Crippen molar-refractivity contribution in [1.29, 1.82) is 0 Å². The molecule has 0 fully saturated rings. The van der Waals surface area contributed by atoms with Gasteiger partial charge >= 0.3 is 0 Å². The summed E-state index contributed by atoms with van der Waals surface area (Å²) in [6, 6.07) is 62.6. The van der Waals surface area contributed by atoms with Crippen LogP contribution in [0.1, 0.15) is 0 Å². The Morgan fingerprint density at radius 1 is 0.308 bits per heavy atom. The molecule has 242 valence electrons. The second kappa shape index (κ2) is 12.4. The monoisotopic (exact) mass is 661 g/mol. The van der Waals surface area contributed by atoms with E-state index in [1.165, 1.54) is 49.0 Å². The number of hydrogen-bond acceptors (Lipinski definition) is 3. The topological polar surface area (TPSA) is 38.7 Å². The lowest BCUT2D eigenvalue weighted by atomic mass is 9.87. The van der Waals surface area contributed by atoms with Crippen LogP contribution in [-0.2, 0) is 0 Å². The first kappa shape index (κ1) is 29.9. The highest BCUT2D eigenvalue weighted by Crippen LogP contribution is 2.42. The predicted octanol–water partition coefficient (Wildman–Crippen LogP) is 12.8. The fourth-order valence-corrected chi connectivity index (χ4v) is 7.61. The molecule has 0 N–H and O–H groups in total. The Balaban J connectivity index is 1.11. The van der Waals surface area contributed by atoms with Gasteiger partial charge in [0.05, 0.1) is 11.4 Å². The molecule has 0 saturated heterocycles. The van der Waals surface area contributed by atoms with Gasteiger partial charge in [-0.3, -0.25) is 4.98 Å². The van der Waals surface area contributed by atoms with E-state index in [0.717, 1.165) is 44.8 Å². The molecule has 0 saturated carbocycles. The molecule has 3 nitrogen and oxygen atoms in total. The third-order valence-corrected chi connectivity index (χ3v) is 10.2. The summed E-state index contributed by atoms with van der Waals surface area (Å²) in [7, 11) is 0. The summed E-state index contributed by atoms with van der Waals surface area (Å²) >= 11 is 0. The maximum atomic E-state index is 5.18. The van der Waals surface area contributed by atoms with Crippen molar-refractivity contribution >= 4 is 32.3 Å². The van der Waals surface area contributed by atoms with Crippen LogP contribution in [0.25, 0.3) is 99.6 Å². The van der Waals surface area contributed by atoms with Crippen molar-refractivity contribution in [3.8, 4) is 67.3 Å². The molecule has 52 heavy (non-hydrogen) atoms. The Morgan fingerprint density at radius 2 is 0.788 bits per heavy atom. The maximum absolute atomic E-state index is 5.18. The number of aromatic nitrogens is 3. The van der Waals surface area contributed by atoms with Gasteiger partial charge in [0.25, 0.3) is 0 Å². The maximum Gasteiger partial charge on any atom is 0.160 e. The Kier molecular flexibility index (Phi) is 7.14. The van der Waals surface area contributed by atoms with Crippen LogP contribution in [-0.4, -0.2) is 15.0 Å². The second-order valence-corrected chi connectivity index (χ2v) is 13.2. The molecule has 0 radical (unpaired) electrons. The zero-order valence-corrected chi connectivity index (χ0v) is 28.2. The van der Waals surface area contributed by atoms with E-state index in [-0.39, 0.29) is 0 Å². The number of benzene rings is 8. The SMILES string of the molecule is c1ccc(-c2cc(-c3ccc(-c4ccncc4)cc3)nc(-c3cccc(-c4ccc5ccc6c(-c7ccccc7)ccc7ccc4c5c76)c3)n2)cc1. The summed E-state index contributed by atoms with van der Waals surface area (Å²) in [5, 5.41) is 7.64. The number of pyridine rings is 1. The van der Waals surface area contributed by atoms with Gasteiger partial charge in [-0.2, -0.15) is 0 Å². The number of rotatable bonds is 6. The first-order valence-electron chi connectivity index (χ1n) is 17.6. The van der Waals surface area contributed by atoms with Gasteiger partial charge in [0.15, 0.2) is 5.82 Å². The first-order valence-corrected chi connectivity index (χ1v) is 17.6. The van der Waals surface area contributed by atoms with Crippen molar-refractivity contribution in [1.82, 2.24) is 15.0 Å². The smallest absolute Gasteiger partial charge is 0.160 e. The fraction of sp³-hybridized carbons (Fsp3) is 0. The van der Waals surface area contributed by atoms with Gasteiger partial charge in [-0.25, -0.2) is 9.97 Å². The van der Waals surface area contributed by atoms with Gasteiger partial charge in [0, 0.05) is 29.1 Å². The summed E-state index contributed by atoms with van der Waals surface area (Å²) in [6.07, 6.45) is 3.65. The van der Waals surface area contributed by atoms with Crippen molar-refractivity contribution in [3.05, 3.63) is 188 Å². The van der Waals surface area contributed by atoms with Crippen molar-refractivity contribution < 1.29 is 0 Å². The molecule has 0 bridgehead atoms. The van der Waals surface area contributed by atoms with E-state index >= 15 is 0 Å². The Labute approximate surface area is 301 Å². The molecule has 3 heteroatoms. The standard InChI is InChI=1S/C49H31N3/c1-3-8-34(9-4-1)41-22-18-37-21-25-44-42(23-19-38-20-24-43(41)47(37)48(38)44)39-12-7-13-40(30-39)49-51-45(35-10-5-2-6-11-35)31-46(52-49)36-16-14-32(15-17-36)33-26-28-50-29-27-33/h1-31H. The average molecular weight is 662 g/mol. The highest BCUT2D eigenvalue weighted by atomic mass is 14.9. The van der Waals surface area contributed by atoms with Gasteiger partial charge in [-0.15, -0.1) is 0 Å². The second-order valence-electron chi connectivity index (χ2n) is 13.2. The lowest BCUT2D eigenvalue weighted by Gasteiger charge is -2.17. The minimum Gasteiger partial charge on any atom is -0.265 e. The average Bonchev–Trinajstić information content (AvgIpc) is 3.23. The van der Waals surface area contributed by atoms with Gasteiger partial charge in [0.2, 0.25) is 0 Å². The van der Waals surface area contributed by atoms with Crippen molar-refractivity contribution in [3.63, 3.8) is 0 Å². The van der Waals surface area contributed by atoms with Gasteiger partial charge in [0.1, 0.15) is 0 Å². The van der Waals surface area contributed by atoms with E-state index in [2.05, 4.69) is 163 Å². The van der Waals surface area contributed by atoms with Crippen LogP contribution in [0.4, 0.5) is 0 Å². The molecule has 0 amide bonds. The van der Waals surface area contributed by atoms with E-state index in [1.807, 2.05) is 30.6 Å². The summed E-state index contributed by atoms with van der Waals surface area (Å²) in [5.74, 6) is 0.696. The lowest BCUT2D eigenvalue weighted by molar-refractivity contribution is 1.18. The zero-order valence-electron chi connectivity index (χ0n) is 28.2. The summed E-state index contributed by atoms with van der Waals surface area (Å²) in [4.78, 5) is 14.5. The molecular formula is C49H31N3. The van der Waals surface area contributed by atoms with E-state index in [9.17, 15) is 0 Å². The van der Waals surface area contributed by atoms with Crippen LogP contribution >= 0.6 is 0 Å². The Morgan fingerprint density at radius 3 is 1.42 bits per heavy atom. The molecule has 10 aromatic rings. The van der Waals surface area contributed by atoms with Crippen molar-refractivity contribution in [2.75, 3.05) is 0 Å². The molecule has 0 spiro atoms. The van der Waals surface area contributed by atoms with Crippen LogP contribution in [0.2, 0.25) is 0 Å². The molecule has 0 aliphatic rings. The normalized spacial score (nSPS) is 11.5. The van der Waals surface area contributed by atoms with Crippen LogP contribution in [0.5, 0.6) is 0 Å². The summed E-state index contributed by atoms with van der Waals surface area (Å²) in [5.41, 5.74) is 11.9. The van der Waals surface area contributed by atoms with Crippen LogP contribution in [0.15, 0.2) is 188 Å². The highest BCUT2D eigenvalue weighted by molar-refractivity contribution is 6.27. The zero-order chi connectivity index (χ0) is 34.4.